The van der Waals surface area contributed by atoms with Gasteiger partial charge >= 0.3 is 0 Å². The summed E-state index contributed by atoms with van der Waals surface area (Å²) >= 11 is 6.13. The molecule has 1 amide bonds. The third-order valence-corrected chi connectivity index (χ3v) is 4.69. The first-order chi connectivity index (χ1) is 11.6. The van der Waals surface area contributed by atoms with Crippen LogP contribution in [0.2, 0.25) is 5.02 Å². The van der Waals surface area contributed by atoms with Gasteiger partial charge in [-0.1, -0.05) is 17.7 Å². The Kier molecular flexibility index (Phi) is 4.68. The zero-order valence-electron chi connectivity index (χ0n) is 13.2. The molecule has 0 spiro atoms. The van der Waals surface area contributed by atoms with Crippen molar-refractivity contribution < 1.29 is 4.79 Å². The van der Waals surface area contributed by atoms with Crippen LogP contribution in [0.5, 0.6) is 0 Å². The Balaban J connectivity index is 1.71. The van der Waals surface area contributed by atoms with Crippen molar-refractivity contribution in [1.82, 2.24) is 10.3 Å². The van der Waals surface area contributed by atoms with Crippen LogP contribution in [-0.4, -0.2) is 29.5 Å². The highest BCUT2D eigenvalue weighted by Crippen LogP contribution is 2.29. The molecule has 2 atom stereocenters. The molecule has 1 saturated heterocycles. The van der Waals surface area contributed by atoms with Gasteiger partial charge in [0, 0.05) is 24.5 Å². The van der Waals surface area contributed by atoms with E-state index in [0.29, 0.717) is 16.3 Å². The number of rotatable bonds is 3. The van der Waals surface area contributed by atoms with Gasteiger partial charge in [0.05, 0.1) is 16.6 Å². The first-order valence-corrected chi connectivity index (χ1v) is 8.16. The number of pyridine rings is 1. The van der Waals surface area contributed by atoms with Crippen molar-refractivity contribution in [3.05, 3.63) is 58.9 Å². The van der Waals surface area contributed by atoms with Crippen molar-refractivity contribution >= 4 is 23.2 Å². The molecule has 5 nitrogen and oxygen atoms in total. The molecule has 6 heteroatoms. The number of hydrogen-bond donors (Lipinski definition) is 1. The number of nitrogens with zero attached hydrogens (tertiary/aromatic N) is 3. The second-order valence-electron chi connectivity index (χ2n) is 5.79. The highest BCUT2D eigenvalue weighted by atomic mass is 35.5. The van der Waals surface area contributed by atoms with Gasteiger partial charge in [0.25, 0.3) is 5.91 Å². The summed E-state index contributed by atoms with van der Waals surface area (Å²) in [7, 11) is 0. The molecule has 0 bridgehead atoms. The van der Waals surface area contributed by atoms with Crippen LogP contribution < -0.4 is 10.2 Å². The maximum atomic E-state index is 12.3. The number of amides is 1. The highest BCUT2D eigenvalue weighted by Gasteiger charge is 2.32. The van der Waals surface area contributed by atoms with Crippen molar-refractivity contribution in [1.29, 1.82) is 5.26 Å². The topological polar surface area (TPSA) is 69.0 Å². The normalized spacial score (nSPS) is 19.8. The average molecular weight is 341 g/mol. The summed E-state index contributed by atoms with van der Waals surface area (Å²) in [5.41, 5.74) is 1.85. The van der Waals surface area contributed by atoms with E-state index >= 15 is 0 Å². The van der Waals surface area contributed by atoms with Gasteiger partial charge in [0.1, 0.15) is 11.8 Å². The van der Waals surface area contributed by atoms with Gasteiger partial charge in [0.2, 0.25) is 0 Å². The fourth-order valence-corrected chi connectivity index (χ4v) is 3.23. The van der Waals surface area contributed by atoms with E-state index in [0.717, 1.165) is 18.7 Å². The number of aromatic nitrogens is 1. The van der Waals surface area contributed by atoms with E-state index < -0.39 is 0 Å². The summed E-state index contributed by atoms with van der Waals surface area (Å²) < 4.78 is 0. The molecule has 1 aromatic carbocycles. The van der Waals surface area contributed by atoms with Gasteiger partial charge < -0.3 is 10.2 Å². The molecule has 1 aliphatic heterocycles. The minimum Gasteiger partial charge on any atom is -0.367 e. The lowest BCUT2D eigenvalue weighted by Gasteiger charge is -2.27. The second-order valence-corrected chi connectivity index (χ2v) is 6.20. The molecule has 1 aromatic heterocycles. The summed E-state index contributed by atoms with van der Waals surface area (Å²) in [6.07, 6.45) is 2.45. The van der Waals surface area contributed by atoms with Crippen molar-refractivity contribution in [2.24, 2.45) is 0 Å². The lowest BCUT2D eigenvalue weighted by Crippen LogP contribution is -2.43. The molecule has 1 aliphatic rings. The highest BCUT2D eigenvalue weighted by molar-refractivity contribution is 6.32. The van der Waals surface area contributed by atoms with E-state index in [2.05, 4.69) is 28.2 Å². The van der Waals surface area contributed by atoms with Gasteiger partial charge in [0.15, 0.2) is 0 Å². The molecule has 1 N–H and O–H groups in total. The Labute approximate surface area is 145 Å². The number of halogens is 1. The van der Waals surface area contributed by atoms with Crippen molar-refractivity contribution in [2.45, 2.75) is 25.4 Å². The van der Waals surface area contributed by atoms with E-state index in [1.54, 1.807) is 36.5 Å². The summed E-state index contributed by atoms with van der Waals surface area (Å²) in [6.45, 7) is 2.89. The lowest BCUT2D eigenvalue weighted by atomic mass is 10.1. The van der Waals surface area contributed by atoms with Crippen molar-refractivity contribution in [3.8, 4) is 6.07 Å². The monoisotopic (exact) mass is 340 g/mol. The first kappa shape index (κ1) is 16.3. The first-order valence-electron chi connectivity index (χ1n) is 7.78. The van der Waals surface area contributed by atoms with Crippen LogP contribution in [0.4, 0.5) is 5.69 Å². The minimum atomic E-state index is -0.160. The molecular weight excluding hydrogens is 324 g/mol. The van der Waals surface area contributed by atoms with Crippen LogP contribution >= 0.6 is 11.6 Å². The van der Waals surface area contributed by atoms with Crippen LogP contribution in [0, 0.1) is 11.3 Å². The van der Waals surface area contributed by atoms with Gasteiger partial charge in [-0.2, -0.15) is 5.26 Å². The standard InChI is InChI=1S/C18H17ClN4O/c1-12-16(22-18(24)17-4-2-3-8-21-17)7-9-23(12)14-6-5-13(11-20)15(19)10-14/h2-6,8,10,12,16H,7,9H2,1H3,(H,22,24)/t12-,16-/m0/s1. The van der Waals surface area contributed by atoms with Gasteiger partial charge in [-0.25, -0.2) is 0 Å². The van der Waals surface area contributed by atoms with Crippen LogP contribution in [0.15, 0.2) is 42.6 Å². The number of carbonyl (C=O) groups is 1. The smallest absolute Gasteiger partial charge is 0.270 e. The maximum absolute atomic E-state index is 12.3. The Morgan fingerprint density at radius 1 is 1.42 bits per heavy atom. The van der Waals surface area contributed by atoms with Gasteiger partial charge in [-0.15, -0.1) is 0 Å². The molecular formula is C18H17ClN4O. The van der Waals surface area contributed by atoms with E-state index in [4.69, 9.17) is 16.9 Å². The summed E-state index contributed by atoms with van der Waals surface area (Å²) in [6, 6.07) is 12.9. The predicted octanol–water partition coefficient (Wildman–Crippen LogP) is 3.00. The Bertz CT molecular complexity index is 787. The van der Waals surface area contributed by atoms with E-state index in [1.807, 2.05) is 6.07 Å². The summed E-state index contributed by atoms with van der Waals surface area (Å²) in [5, 5.41) is 12.5. The summed E-state index contributed by atoms with van der Waals surface area (Å²) in [5.74, 6) is -0.160. The second kappa shape index (κ2) is 6.90. The van der Waals surface area contributed by atoms with Crippen LogP contribution in [0.25, 0.3) is 0 Å². The minimum absolute atomic E-state index is 0.0360. The SMILES string of the molecule is C[C@H]1[C@@H](NC(=O)c2ccccn2)CCN1c1ccc(C#N)c(Cl)c1. The van der Waals surface area contributed by atoms with Crippen molar-refractivity contribution in [3.63, 3.8) is 0 Å². The Morgan fingerprint density at radius 3 is 2.92 bits per heavy atom. The van der Waals surface area contributed by atoms with Crippen LogP contribution in [-0.2, 0) is 0 Å². The fourth-order valence-electron chi connectivity index (χ4n) is 3.01. The predicted molar refractivity (Wildman–Crippen MR) is 93.1 cm³/mol. The number of nitriles is 1. The molecule has 0 aliphatic carbocycles. The van der Waals surface area contributed by atoms with Crippen molar-refractivity contribution in [2.75, 3.05) is 11.4 Å². The number of hydrogen-bond acceptors (Lipinski definition) is 4. The molecule has 2 heterocycles. The Hall–Kier alpha value is -2.58. The number of carbonyl (C=O) groups excluding carboxylic acids is 1. The number of benzene rings is 1. The van der Waals surface area contributed by atoms with E-state index in [9.17, 15) is 4.79 Å². The number of nitrogens with one attached hydrogen (secondary N) is 1. The lowest BCUT2D eigenvalue weighted by molar-refractivity contribution is 0.0930. The molecule has 0 unspecified atom stereocenters. The molecule has 3 rings (SSSR count). The fraction of sp³-hybridized carbons (Fsp3) is 0.278. The molecule has 0 saturated carbocycles. The van der Waals surface area contributed by atoms with Crippen LogP contribution in [0.3, 0.4) is 0 Å². The largest absolute Gasteiger partial charge is 0.367 e. The van der Waals surface area contributed by atoms with E-state index in [1.165, 1.54) is 0 Å². The average Bonchev–Trinajstić information content (AvgIpc) is 2.96. The summed E-state index contributed by atoms with van der Waals surface area (Å²) in [4.78, 5) is 18.5. The van der Waals surface area contributed by atoms with E-state index in [-0.39, 0.29) is 18.0 Å². The number of anilines is 1. The third kappa shape index (κ3) is 3.19. The van der Waals surface area contributed by atoms with Gasteiger partial charge in [-0.05, 0) is 43.7 Å². The molecule has 2 aromatic rings. The maximum Gasteiger partial charge on any atom is 0.270 e. The molecule has 0 radical (unpaired) electrons. The molecule has 122 valence electrons. The molecule has 24 heavy (non-hydrogen) atoms. The quantitative estimate of drug-likeness (QED) is 0.932. The molecule has 1 fully saturated rings. The Morgan fingerprint density at radius 2 is 2.25 bits per heavy atom. The van der Waals surface area contributed by atoms with Gasteiger partial charge in [-0.3, -0.25) is 9.78 Å². The van der Waals surface area contributed by atoms with Crippen LogP contribution in [0.1, 0.15) is 29.4 Å². The zero-order valence-corrected chi connectivity index (χ0v) is 14.0. The third-order valence-electron chi connectivity index (χ3n) is 4.37. The zero-order chi connectivity index (χ0) is 17.1.